The highest BCUT2D eigenvalue weighted by molar-refractivity contribution is 5.88. The monoisotopic (exact) mass is 427 g/mol. The molecule has 0 saturated carbocycles. The number of halogens is 1. The highest BCUT2D eigenvalue weighted by atomic mass is 19.1. The Bertz CT molecular complexity index is 1330. The van der Waals surface area contributed by atoms with E-state index in [1.807, 2.05) is 43.6 Å². The van der Waals surface area contributed by atoms with Crippen LogP contribution in [-0.4, -0.2) is 34.5 Å². The first-order valence-electron chi connectivity index (χ1n) is 10.6. The molecule has 0 amide bonds. The Labute approximate surface area is 185 Å². The molecule has 1 atom stereocenters. The van der Waals surface area contributed by atoms with Crippen LogP contribution in [0, 0.1) is 23.1 Å². The quantitative estimate of drug-likeness (QED) is 0.514. The fourth-order valence-corrected chi connectivity index (χ4v) is 4.11. The van der Waals surface area contributed by atoms with Crippen LogP contribution in [0.15, 0.2) is 54.9 Å². The molecule has 1 unspecified atom stereocenters. The van der Waals surface area contributed by atoms with Crippen molar-refractivity contribution in [3.05, 3.63) is 66.2 Å². The van der Waals surface area contributed by atoms with Crippen LogP contribution in [0.1, 0.15) is 12.0 Å². The molecule has 0 radical (unpaired) electrons. The first-order chi connectivity index (χ1) is 15.6. The smallest absolute Gasteiger partial charge is 0.141 e. The topological polar surface area (TPSA) is 75.8 Å². The summed E-state index contributed by atoms with van der Waals surface area (Å²) in [6.45, 7) is 2.56. The van der Waals surface area contributed by atoms with E-state index in [9.17, 15) is 4.39 Å². The van der Waals surface area contributed by atoms with Crippen LogP contribution in [-0.2, 0) is 7.05 Å². The molecular formula is C25H22FN5O. The molecule has 0 bridgehead atoms. The molecular weight excluding hydrogens is 405 g/mol. The molecule has 3 heterocycles. The number of hydrogen-bond donors (Lipinski definition) is 1. The highest BCUT2D eigenvalue weighted by Crippen LogP contribution is 2.35. The molecule has 1 N–H and O–H groups in total. The lowest BCUT2D eigenvalue weighted by atomic mass is 9.97. The van der Waals surface area contributed by atoms with E-state index in [-0.39, 0.29) is 5.56 Å². The van der Waals surface area contributed by atoms with Gasteiger partial charge in [0.05, 0.1) is 29.6 Å². The number of ether oxygens (including phenoxy) is 1. The lowest BCUT2D eigenvalue weighted by molar-refractivity contribution is 0.259. The highest BCUT2D eigenvalue weighted by Gasteiger charge is 2.17. The Balaban J connectivity index is 1.57. The van der Waals surface area contributed by atoms with Crippen molar-refractivity contribution < 1.29 is 9.13 Å². The van der Waals surface area contributed by atoms with Gasteiger partial charge in [-0.3, -0.25) is 9.67 Å². The normalized spacial score (nSPS) is 15.7. The first-order valence-corrected chi connectivity index (χ1v) is 10.6. The van der Waals surface area contributed by atoms with Crippen LogP contribution in [0.25, 0.3) is 33.3 Å². The molecule has 5 rings (SSSR count). The van der Waals surface area contributed by atoms with E-state index in [1.165, 1.54) is 12.1 Å². The standard InChI is InChI=1S/C25H22FN5O/c1-31-14-20-5-3-18(9-24(20)30-31)25-22(17-2-4-19(11-27)23(26)8-17)10-21(13-29-25)32-15-16-6-7-28-12-16/h2-5,8-10,13-14,16,28H,6-7,12,15H2,1H3. The van der Waals surface area contributed by atoms with Gasteiger partial charge in [0.15, 0.2) is 0 Å². The van der Waals surface area contributed by atoms with Crippen molar-refractivity contribution >= 4 is 10.9 Å². The van der Waals surface area contributed by atoms with E-state index in [0.29, 0.717) is 29.5 Å². The predicted octanol–water partition coefficient (Wildman–Crippen LogP) is 4.30. The first kappa shape index (κ1) is 20.2. The van der Waals surface area contributed by atoms with Gasteiger partial charge in [-0.25, -0.2) is 4.39 Å². The van der Waals surface area contributed by atoms with Gasteiger partial charge in [-0.15, -0.1) is 0 Å². The number of aryl methyl sites for hydroxylation is 1. The van der Waals surface area contributed by atoms with Gasteiger partial charge in [0.25, 0.3) is 0 Å². The van der Waals surface area contributed by atoms with Crippen molar-refractivity contribution in [2.45, 2.75) is 6.42 Å². The largest absolute Gasteiger partial charge is 0.492 e. The summed E-state index contributed by atoms with van der Waals surface area (Å²) in [5.41, 5.74) is 3.83. The van der Waals surface area contributed by atoms with Gasteiger partial charge < -0.3 is 10.1 Å². The molecule has 7 heteroatoms. The molecule has 160 valence electrons. The summed E-state index contributed by atoms with van der Waals surface area (Å²) in [5, 5.41) is 18.0. The molecule has 1 fully saturated rings. The summed E-state index contributed by atoms with van der Waals surface area (Å²) in [6.07, 6.45) is 4.76. The van der Waals surface area contributed by atoms with Gasteiger partial charge in [-0.2, -0.15) is 10.4 Å². The van der Waals surface area contributed by atoms with Crippen LogP contribution >= 0.6 is 0 Å². The molecule has 2 aromatic heterocycles. The third-order valence-electron chi connectivity index (χ3n) is 5.81. The number of nitriles is 1. The van der Waals surface area contributed by atoms with Gasteiger partial charge in [0, 0.05) is 42.2 Å². The third-order valence-corrected chi connectivity index (χ3v) is 5.81. The molecule has 1 saturated heterocycles. The lowest BCUT2D eigenvalue weighted by Gasteiger charge is -2.15. The van der Waals surface area contributed by atoms with E-state index in [1.54, 1.807) is 16.9 Å². The van der Waals surface area contributed by atoms with Crippen molar-refractivity contribution in [1.82, 2.24) is 20.1 Å². The van der Waals surface area contributed by atoms with Gasteiger partial charge in [-0.05, 0) is 42.8 Å². The second kappa shape index (κ2) is 8.40. The Morgan fingerprint density at radius 2 is 2.09 bits per heavy atom. The van der Waals surface area contributed by atoms with Crippen LogP contribution in [0.2, 0.25) is 0 Å². The van der Waals surface area contributed by atoms with Gasteiger partial charge in [0.2, 0.25) is 0 Å². The van der Waals surface area contributed by atoms with Crippen molar-refractivity contribution in [2.24, 2.45) is 13.0 Å². The number of pyridine rings is 1. The maximum Gasteiger partial charge on any atom is 0.141 e. The summed E-state index contributed by atoms with van der Waals surface area (Å²) >= 11 is 0. The summed E-state index contributed by atoms with van der Waals surface area (Å²) in [4.78, 5) is 4.69. The summed E-state index contributed by atoms with van der Waals surface area (Å²) < 4.78 is 22.2. The Morgan fingerprint density at radius 3 is 2.88 bits per heavy atom. The molecule has 0 spiro atoms. The molecule has 32 heavy (non-hydrogen) atoms. The fraction of sp³-hybridized carbons (Fsp3) is 0.240. The second-order valence-corrected chi connectivity index (χ2v) is 8.12. The summed E-state index contributed by atoms with van der Waals surface area (Å²) in [6, 6.07) is 14.3. The SMILES string of the molecule is Cn1cc2ccc(-c3ncc(OCC4CCNC4)cc3-c3ccc(C#N)c(F)c3)cc2n1. The van der Waals surface area contributed by atoms with Crippen molar-refractivity contribution in [3.8, 4) is 34.2 Å². The van der Waals surface area contributed by atoms with Crippen LogP contribution < -0.4 is 10.1 Å². The van der Waals surface area contributed by atoms with Crippen LogP contribution in [0.3, 0.4) is 0 Å². The van der Waals surface area contributed by atoms with E-state index in [0.717, 1.165) is 41.5 Å². The maximum atomic E-state index is 14.4. The average molecular weight is 427 g/mol. The van der Waals surface area contributed by atoms with E-state index >= 15 is 0 Å². The molecule has 4 aromatic rings. The minimum atomic E-state index is -0.556. The molecule has 1 aliphatic rings. The maximum absolute atomic E-state index is 14.4. The number of hydrogen-bond acceptors (Lipinski definition) is 5. The second-order valence-electron chi connectivity index (χ2n) is 8.12. The minimum Gasteiger partial charge on any atom is -0.492 e. The van der Waals surface area contributed by atoms with E-state index in [4.69, 9.17) is 15.0 Å². The number of benzene rings is 2. The number of nitrogens with zero attached hydrogens (tertiary/aromatic N) is 4. The molecule has 6 nitrogen and oxygen atoms in total. The zero-order valence-electron chi connectivity index (χ0n) is 17.7. The third kappa shape index (κ3) is 3.93. The van der Waals surface area contributed by atoms with Crippen LogP contribution in [0.4, 0.5) is 4.39 Å². The zero-order chi connectivity index (χ0) is 22.1. The van der Waals surface area contributed by atoms with Crippen LogP contribution in [0.5, 0.6) is 5.75 Å². The number of fused-ring (bicyclic) bond motifs is 1. The van der Waals surface area contributed by atoms with Crippen molar-refractivity contribution in [3.63, 3.8) is 0 Å². The molecule has 1 aliphatic heterocycles. The van der Waals surface area contributed by atoms with Gasteiger partial charge in [0.1, 0.15) is 17.6 Å². The Hall–Kier alpha value is -3.76. The number of nitrogens with one attached hydrogen (secondary N) is 1. The summed E-state index contributed by atoms with van der Waals surface area (Å²) in [7, 11) is 1.88. The minimum absolute atomic E-state index is 0.0132. The fourth-order valence-electron chi connectivity index (χ4n) is 4.11. The number of rotatable bonds is 5. The lowest BCUT2D eigenvalue weighted by Crippen LogP contribution is -2.15. The van der Waals surface area contributed by atoms with Gasteiger partial charge in [-0.1, -0.05) is 18.2 Å². The Kier molecular flexibility index (Phi) is 5.29. The van der Waals surface area contributed by atoms with Crippen molar-refractivity contribution in [1.29, 1.82) is 5.26 Å². The predicted molar refractivity (Wildman–Crippen MR) is 121 cm³/mol. The number of aromatic nitrogens is 3. The van der Waals surface area contributed by atoms with Crippen molar-refractivity contribution in [2.75, 3.05) is 19.7 Å². The van der Waals surface area contributed by atoms with E-state index in [2.05, 4.69) is 10.4 Å². The van der Waals surface area contributed by atoms with E-state index < -0.39 is 5.82 Å². The molecule has 0 aliphatic carbocycles. The zero-order valence-corrected chi connectivity index (χ0v) is 17.7. The average Bonchev–Trinajstić information content (AvgIpc) is 3.45. The van der Waals surface area contributed by atoms with Gasteiger partial charge >= 0.3 is 0 Å². The molecule has 2 aromatic carbocycles. The Morgan fingerprint density at radius 1 is 1.22 bits per heavy atom. The summed E-state index contributed by atoms with van der Waals surface area (Å²) in [5.74, 6) is 0.552.